The van der Waals surface area contributed by atoms with Crippen LogP contribution in [0.2, 0.25) is 10.0 Å². The predicted octanol–water partition coefficient (Wildman–Crippen LogP) is 3.95. The quantitative estimate of drug-likeness (QED) is 0.715. The molecule has 0 aliphatic heterocycles. The van der Waals surface area contributed by atoms with Crippen LogP contribution in [0.1, 0.15) is 6.92 Å². The Morgan fingerprint density at radius 2 is 1.77 bits per heavy atom. The molecule has 138 valence electrons. The van der Waals surface area contributed by atoms with Gasteiger partial charge in [0, 0.05) is 0 Å². The van der Waals surface area contributed by atoms with Crippen LogP contribution in [0, 0.1) is 0 Å². The summed E-state index contributed by atoms with van der Waals surface area (Å²) in [4.78, 5) is 24.0. The second-order valence-electron chi connectivity index (χ2n) is 5.16. The van der Waals surface area contributed by atoms with E-state index in [1.807, 2.05) is 0 Å². The van der Waals surface area contributed by atoms with E-state index in [1.165, 1.54) is 14.0 Å². The third-order valence-corrected chi connectivity index (χ3v) is 4.12. The Morgan fingerprint density at radius 3 is 2.46 bits per heavy atom. The highest BCUT2D eigenvalue weighted by molar-refractivity contribution is 6.44. The Morgan fingerprint density at radius 1 is 1.08 bits per heavy atom. The molecule has 0 spiro atoms. The number of amides is 1. The second kappa shape index (κ2) is 9.31. The summed E-state index contributed by atoms with van der Waals surface area (Å²) in [7, 11) is 1.49. The summed E-state index contributed by atoms with van der Waals surface area (Å²) in [5.74, 6) is -0.355. The van der Waals surface area contributed by atoms with Crippen LogP contribution in [0.4, 0.5) is 5.69 Å². The zero-order chi connectivity index (χ0) is 19.1. The molecule has 2 rings (SSSR count). The van der Waals surface area contributed by atoms with E-state index in [1.54, 1.807) is 42.5 Å². The Balaban J connectivity index is 1.88. The van der Waals surface area contributed by atoms with E-state index in [0.717, 1.165) is 0 Å². The van der Waals surface area contributed by atoms with E-state index in [9.17, 15) is 9.59 Å². The largest absolute Gasteiger partial charge is 0.493 e. The van der Waals surface area contributed by atoms with Crippen LogP contribution in [0.5, 0.6) is 11.5 Å². The number of carbonyl (C=O) groups excluding carboxylic acids is 2. The number of carbonyl (C=O) groups is 2. The number of nitrogens with one attached hydrogen (secondary N) is 1. The SMILES string of the molecule is COc1ccccc1OCC(=O)OC(C)C(=O)Nc1cccc(Cl)c1Cl. The topological polar surface area (TPSA) is 73.9 Å². The van der Waals surface area contributed by atoms with Crippen molar-refractivity contribution in [1.29, 1.82) is 0 Å². The summed E-state index contributed by atoms with van der Waals surface area (Å²) in [6.45, 7) is 1.07. The molecule has 6 nitrogen and oxygen atoms in total. The first kappa shape index (κ1) is 19.9. The summed E-state index contributed by atoms with van der Waals surface area (Å²) >= 11 is 11.9. The summed E-state index contributed by atoms with van der Waals surface area (Å²) in [6.07, 6.45) is -1.04. The van der Waals surface area contributed by atoms with Gasteiger partial charge in [0.15, 0.2) is 24.2 Å². The molecule has 26 heavy (non-hydrogen) atoms. The number of rotatable bonds is 7. The molecule has 1 atom stereocenters. The zero-order valence-corrected chi connectivity index (χ0v) is 15.6. The van der Waals surface area contributed by atoms with Crippen molar-refractivity contribution in [1.82, 2.24) is 0 Å². The average molecular weight is 398 g/mol. The molecular weight excluding hydrogens is 381 g/mol. The van der Waals surface area contributed by atoms with Crippen LogP contribution >= 0.6 is 23.2 Å². The van der Waals surface area contributed by atoms with Gasteiger partial charge in [0.2, 0.25) is 0 Å². The molecule has 0 saturated carbocycles. The zero-order valence-electron chi connectivity index (χ0n) is 14.1. The minimum absolute atomic E-state index is 0.209. The van der Waals surface area contributed by atoms with Crippen LogP contribution in [0.25, 0.3) is 0 Å². The number of hydrogen-bond acceptors (Lipinski definition) is 5. The molecule has 1 N–H and O–H groups in total. The lowest BCUT2D eigenvalue weighted by molar-refractivity contribution is -0.155. The lowest BCUT2D eigenvalue weighted by Crippen LogP contribution is -2.31. The van der Waals surface area contributed by atoms with Crippen molar-refractivity contribution >= 4 is 40.8 Å². The first-order valence-electron chi connectivity index (χ1n) is 7.62. The number of hydrogen-bond donors (Lipinski definition) is 1. The van der Waals surface area contributed by atoms with Crippen molar-refractivity contribution in [3.8, 4) is 11.5 Å². The van der Waals surface area contributed by atoms with Crippen molar-refractivity contribution in [2.45, 2.75) is 13.0 Å². The number of ether oxygens (including phenoxy) is 3. The maximum Gasteiger partial charge on any atom is 0.344 e. The molecule has 0 fully saturated rings. The lowest BCUT2D eigenvalue weighted by atomic mass is 10.3. The number of methoxy groups -OCH3 is 1. The van der Waals surface area contributed by atoms with Crippen LogP contribution in [-0.2, 0) is 14.3 Å². The monoisotopic (exact) mass is 397 g/mol. The van der Waals surface area contributed by atoms with Gasteiger partial charge in [0.05, 0.1) is 22.8 Å². The van der Waals surface area contributed by atoms with Crippen LogP contribution in [0.15, 0.2) is 42.5 Å². The number of anilines is 1. The van der Waals surface area contributed by atoms with Gasteiger partial charge in [-0.25, -0.2) is 4.79 Å². The minimum Gasteiger partial charge on any atom is -0.493 e. The molecule has 1 unspecified atom stereocenters. The highest BCUT2D eigenvalue weighted by atomic mass is 35.5. The first-order chi connectivity index (χ1) is 12.4. The maximum atomic E-state index is 12.1. The van der Waals surface area contributed by atoms with Gasteiger partial charge in [-0.1, -0.05) is 41.4 Å². The molecule has 8 heteroatoms. The molecule has 1 amide bonds. The van der Waals surface area contributed by atoms with Gasteiger partial charge in [-0.15, -0.1) is 0 Å². The third-order valence-electron chi connectivity index (χ3n) is 3.30. The average Bonchev–Trinajstić information content (AvgIpc) is 2.63. The Bertz CT molecular complexity index is 797. The summed E-state index contributed by atoms with van der Waals surface area (Å²) in [5.41, 5.74) is 0.331. The van der Waals surface area contributed by atoms with Crippen molar-refractivity contribution in [2.75, 3.05) is 19.0 Å². The van der Waals surface area contributed by atoms with Crippen LogP contribution < -0.4 is 14.8 Å². The molecule has 0 aromatic heterocycles. The molecule has 0 aliphatic rings. The Kier molecular flexibility index (Phi) is 7.12. The van der Waals surface area contributed by atoms with E-state index in [2.05, 4.69) is 5.32 Å². The lowest BCUT2D eigenvalue weighted by Gasteiger charge is -2.15. The van der Waals surface area contributed by atoms with E-state index in [0.29, 0.717) is 22.2 Å². The minimum atomic E-state index is -1.04. The molecule has 0 aliphatic carbocycles. The summed E-state index contributed by atoms with van der Waals surface area (Å²) in [5, 5.41) is 3.07. The standard InChI is InChI=1S/C18H17Cl2NO5/c1-11(18(23)21-13-7-5-6-12(19)17(13)20)26-16(22)10-25-15-9-4-3-8-14(15)24-2/h3-9,11H,10H2,1-2H3,(H,21,23). The molecule has 2 aromatic carbocycles. The van der Waals surface area contributed by atoms with Crippen molar-refractivity contribution in [3.05, 3.63) is 52.5 Å². The number of benzene rings is 2. The van der Waals surface area contributed by atoms with Gasteiger partial charge in [0.25, 0.3) is 5.91 Å². The van der Waals surface area contributed by atoms with Gasteiger partial charge in [-0.2, -0.15) is 0 Å². The van der Waals surface area contributed by atoms with E-state index < -0.39 is 18.0 Å². The number of halogens is 2. The fourth-order valence-corrected chi connectivity index (χ4v) is 2.34. The fourth-order valence-electron chi connectivity index (χ4n) is 1.99. The van der Waals surface area contributed by atoms with Crippen molar-refractivity contribution in [3.63, 3.8) is 0 Å². The highest BCUT2D eigenvalue weighted by Crippen LogP contribution is 2.29. The van der Waals surface area contributed by atoms with Crippen molar-refractivity contribution < 1.29 is 23.8 Å². The predicted molar refractivity (Wildman–Crippen MR) is 99.1 cm³/mol. The smallest absolute Gasteiger partial charge is 0.344 e. The number of para-hydroxylation sites is 2. The normalized spacial score (nSPS) is 11.4. The summed E-state index contributed by atoms with van der Waals surface area (Å²) < 4.78 is 15.5. The Hall–Kier alpha value is -2.44. The molecule has 0 heterocycles. The van der Waals surface area contributed by atoms with Gasteiger partial charge in [-0.05, 0) is 31.2 Å². The number of esters is 1. The van der Waals surface area contributed by atoms with E-state index >= 15 is 0 Å². The van der Waals surface area contributed by atoms with E-state index in [4.69, 9.17) is 37.4 Å². The van der Waals surface area contributed by atoms with Crippen molar-refractivity contribution in [2.24, 2.45) is 0 Å². The fraction of sp³-hybridized carbons (Fsp3) is 0.222. The molecule has 0 saturated heterocycles. The Labute approximate surface area is 160 Å². The van der Waals surface area contributed by atoms with Gasteiger partial charge < -0.3 is 19.5 Å². The highest BCUT2D eigenvalue weighted by Gasteiger charge is 2.20. The van der Waals surface area contributed by atoms with Gasteiger partial charge >= 0.3 is 5.97 Å². The van der Waals surface area contributed by atoms with Crippen LogP contribution in [-0.4, -0.2) is 31.7 Å². The molecular formula is C18H17Cl2NO5. The summed E-state index contributed by atoms with van der Waals surface area (Å²) in [6, 6.07) is 11.7. The van der Waals surface area contributed by atoms with Crippen LogP contribution in [0.3, 0.4) is 0 Å². The van der Waals surface area contributed by atoms with Gasteiger partial charge in [-0.3, -0.25) is 4.79 Å². The molecule has 0 radical (unpaired) electrons. The molecule has 0 bridgehead atoms. The van der Waals surface area contributed by atoms with Gasteiger partial charge in [0.1, 0.15) is 0 Å². The first-order valence-corrected chi connectivity index (χ1v) is 8.38. The second-order valence-corrected chi connectivity index (χ2v) is 5.95. The maximum absolute atomic E-state index is 12.1. The van der Waals surface area contributed by atoms with E-state index in [-0.39, 0.29) is 11.6 Å². The third kappa shape index (κ3) is 5.28. The molecule has 2 aromatic rings.